The van der Waals surface area contributed by atoms with E-state index in [4.69, 9.17) is 0 Å². The number of hydrogen-bond acceptors (Lipinski definition) is 3. The lowest BCUT2D eigenvalue weighted by molar-refractivity contribution is 0.0743. The van der Waals surface area contributed by atoms with Crippen molar-refractivity contribution in [3.63, 3.8) is 0 Å². The van der Waals surface area contributed by atoms with Crippen LogP contribution in [0.15, 0.2) is 36.5 Å². The van der Waals surface area contributed by atoms with Crippen molar-refractivity contribution in [2.24, 2.45) is 5.92 Å². The Morgan fingerprint density at radius 1 is 1.18 bits per heavy atom. The Kier molecular flexibility index (Phi) is 3.11. The molecule has 0 bridgehead atoms. The predicted molar refractivity (Wildman–Crippen MR) is 95.8 cm³/mol. The van der Waals surface area contributed by atoms with Crippen LogP contribution in [-0.4, -0.2) is 25.6 Å². The highest BCUT2D eigenvalue weighted by molar-refractivity contribution is 5.95. The SMILES string of the molecule is O=C(c1nn(-c2ccc(F)cc2F)c2c1C[C@H]1C[C@@H]21)N1Cc2cccnc2C1. The van der Waals surface area contributed by atoms with Gasteiger partial charge in [0.05, 0.1) is 17.9 Å². The van der Waals surface area contributed by atoms with Crippen LogP contribution in [0.2, 0.25) is 0 Å². The third kappa shape index (κ3) is 2.19. The first kappa shape index (κ1) is 15.9. The topological polar surface area (TPSA) is 51.0 Å². The number of carbonyl (C=O) groups excluding carboxylic acids is 1. The number of rotatable bonds is 2. The van der Waals surface area contributed by atoms with Gasteiger partial charge in [-0.2, -0.15) is 5.10 Å². The van der Waals surface area contributed by atoms with Gasteiger partial charge in [0.15, 0.2) is 11.5 Å². The molecular formula is C21H16F2N4O. The Balaban J connectivity index is 1.42. The minimum Gasteiger partial charge on any atom is -0.327 e. The summed E-state index contributed by atoms with van der Waals surface area (Å²) in [4.78, 5) is 19.3. The summed E-state index contributed by atoms with van der Waals surface area (Å²) < 4.78 is 29.3. The Morgan fingerprint density at radius 2 is 2.07 bits per heavy atom. The fraction of sp³-hybridized carbons (Fsp3) is 0.286. The zero-order chi connectivity index (χ0) is 19.0. The number of hydrogen-bond donors (Lipinski definition) is 0. The number of carbonyl (C=O) groups is 1. The summed E-state index contributed by atoms with van der Waals surface area (Å²) in [7, 11) is 0. The average Bonchev–Trinajstić information content (AvgIpc) is 3.05. The molecule has 0 N–H and O–H groups in total. The van der Waals surface area contributed by atoms with E-state index in [-0.39, 0.29) is 11.6 Å². The van der Waals surface area contributed by atoms with Gasteiger partial charge in [-0.05, 0) is 42.5 Å². The molecule has 1 amide bonds. The summed E-state index contributed by atoms with van der Waals surface area (Å²) >= 11 is 0. The molecule has 2 aliphatic carbocycles. The summed E-state index contributed by atoms with van der Waals surface area (Å²) in [5, 5.41) is 4.52. The largest absolute Gasteiger partial charge is 0.327 e. The zero-order valence-electron chi connectivity index (χ0n) is 14.9. The summed E-state index contributed by atoms with van der Waals surface area (Å²) in [5.41, 5.74) is 4.35. The number of benzene rings is 1. The number of halogens is 2. The number of amides is 1. The molecule has 7 heteroatoms. The van der Waals surface area contributed by atoms with Gasteiger partial charge in [-0.1, -0.05) is 6.07 Å². The van der Waals surface area contributed by atoms with Gasteiger partial charge >= 0.3 is 0 Å². The smallest absolute Gasteiger partial charge is 0.275 e. The third-order valence-electron chi connectivity index (χ3n) is 6.08. The Hall–Kier alpha value is -3.09. The normalized spacial score (nSPS) is 21.4. The Morgan fingerprint density at radius 3 is 2.89 bits per heavy atom. The maximum Gasteiger partial charge on any atom is 0.275 e. The lowest BCUT2D eigenvalue weighted by Crippen LogP contribution is -2.27. The number of fused-ring (bicyclic) bond motifs is 4. The fourth-order valence-electron chi connectivity index (χ4n) is 4.62. The summed E-state index contributed by atoms with van der Waals surface area (Å²) in [5.74, 6) is -0.645. The van der Waals surface area contributed by atoms with Crippen LogP contribution >= 0.6 is 0 Å². The molecule has 3 aliphatic rings. The highest BCUT2D eigenvalue weighted by Gasteiger charge is 2.50. The fourth-order valence-corrected chi connectivity index (χ4v) is 4.62. The summed E-state index contributed by atoms with van der Waals surface area (Å²) in [6.07, 6.45) is 3.56. The Bertz CT molecular complexity index is 1130. The van der Waals surface area contributed by atoms with Gasteiger partial charge in [0.1, 0.15) is 11.5 Å². The molecule has 3 heterocycles. The van der Waals surface area contributed by atoms with Gasteiger partial charge in [0.25, 0.3) is 5.91 Å². The highest BCUT2D eigenvalue weighted by atomic mass is 19.1. The van der Waals surface area contributed by atoms with E-state index in [2.05, 4.69) is 10.1 Å². The lowest BCUT2D eigenvalue weighted by Gasteiger charge is -2.14. The van der Waals surface area contributed by atoms with E-state index in [1.807, 2.05) is 12.1 Å². The maximum atomic E-state index is 14.4. The first-order chi connectivity index (χ1) is 13.6. The Labute approximate surface area is 159 Å². The predicted octanol–water partition coefficient (Wildman–Crippen LogP) is 3.36. The van der Waals surface area contributed by atoms with E-state index < -0.39 is 11.6 Å². The van der Waals surface area contributed by atoms with Crippen LogP contribution in [0, 0.1) is 17.6 Å². The van der Waals surface area contributed by atoms with Crippen molar-refractivity contribution < 1.29 is 13.6 Å². The molecule has 28 heavy (non-hydrogen) atoms. The first-order valence-corrected chi connectivity index (χ1v) is 9.39. The van der Waals surface area contributed by atoms with E-state index in [0.717, 1.165) is 41.4 Å². The van der Waals surface area contributed by atoms with E-state index >= 15 is 0 Å². The summed E-state index contributed by atoms with van der Waals surface area (Å²) in [6, 6.07) is 7.30. The second kappa shape index (κ2) is 5.47. The molecule has 140 valence electrons. The van der Waals surface area contributed by atoms with Crippen molar-refractivity contribution in [3.05, 3.63) is 76.4 Å². The first-order valence-electron chi connectivity index (χ1n) is 9.39. The van der Waals surface area contributed by atoms with Gasteiger partial charge in [0.2, 0.25) is 0 Å². The molecule has 0 spiro atoms. The standard InChI is InChI=1S/C21H16F2N4O/c22-13-3-4-18(16(23)8-13)27-20-14-6-12(14)7-15(20)19(25-27)21(28)26-9-11-2-1-5-24-17(11)10-26/h1-5,8,12,14H,6-7,9-10H2/t12-,14-/m1/s1. The quantitative estimate of drug-likeness (QED) is 0.687. The van der Waals surface area contributed by atoms with Crippen molar-refractivity contribution in [2.45, 2.75) is 31.8 Å². The van der Waals surface area contributed by atoms with Crippen molar-refractivity contribution in [2.75, 3.05) is 0 Å². The molecule has 6 rings (SSSR count). The molecule has 2 aromatic heterocycles. The van der Waals surface area contributed by atoms with Crippen LogP contribution in [0.1, 0.15) is 45.3 Å². The second-order valence-corrected chi connectivity index (χ2v) is 7.80. The molecule has 0 saturated heterocycles. The van der Waals surface area contributed by atoms with Crippen LogP contribution in [0.4, 0.5) is 8.78 Å². The van der Waals surface area contributed by atoms with Crippen LogP contribution in [-0.2, 0) is 19.5 Å². The van der Waals surface area contributed by atoms with Crippen molar-refractivity contribution >= 4 is 5.91 Å². The maximum absolute atomic E-state index is 14.4. The van der Waals surface area contributed by atoms with Gasteiger partial charge in [-0.3, -0.25) is 9.78 Å². The average molecular weight is 378 g/mol. The van der Waals surface area contributed by atoms with E-state index in [0.29, 0.717) is 30.6 Å². The minimum absolute atomic E-state index is 0.156. The molecule has 3 aromatic rings. The van der Waals surface area contributed by atoms with E-state index in [1.165, 1.54) is 16.8 Å². The van der Waals surface area contributed by atoms with Crippen molar-refractivity contribution in [1.29, 1.82) is 0 Å². The number of pyridine rings is 1. The van der Waals surface area contributed by atoms with E-state index in [9.17, 15) is 13.6 Å². The van der Waals surface area contributed by atoms with Crippen LogP contribution < -0.4 is 0 Å². The van der Waals surface area contributed by atoms with Crippen molar-refractivity contribution in [1.82, 2.24) is 19.7 Å². The lowest BCUT2D eigenvalue weighted by atomic mass is 10.1. The van der Waals surface area contributed by atoms with Crippen LogP contribution in [0.25, 0.3) is 5.69 Å². The number of nitrogens with zero attached hydrogens (tertiary/aromatic N) is 4. The van der Waals surface area contributed by atoms with Gasteiger partial charge in [0, 0.05) is 30.3 Å². The third-order valence-corrected chi connectivity index (χ3v) is 6.08. The molecule has 0 radical (unpaired) electrons. The van der Waals surface area contributed by atoms with Crippen LogP contribution in [0.3, 0.4) is 0 Å². The molecule has 1 fully saturated rings. The second-order valence-electron chi connectivity index (χ2n) is 7.80. The molecule has 2 atom stereocenters. The zero-order valence-corrected chi connectivity index (χ0v) is 14.9. The van der Waals surface area contributed by atoms with Crippen LogP contribution in [0.5, 0.6) is 0 Å². The van der Waals surface area contributed by atoms with Gasteiger partial charge in [-0.25, -0.2) is 13.5 Å². The van der Waals surface area contributed by atoms with Crippen molar-refractivity contribution in [3.8, 4) is 5.69 Å². The molecule has 1 saturated carbocycles. The molecular weight excluding hydrogens is 362 g/mol. The number of aromatic nitrogens is 3. The molecule has 1 aliphatic heterocycles. The monoisotopic (exact) mass is 378 g/mol. The van der Waals surface area contributed by atoms with Gasteiger partial charge < -0.3 is 4.90 Å². The minimum atomic E-state index is -0.675. The molecule has 1 aromatic carbocycles. The van der Waals surface area contributed by atoms with E-state index in [1.54, 1.807) is 11.1 Å². The highest BCUT2D eigenvalue weighted by Crippen LogP contribution is 2.57. The molecule has 0 unspecified atom stereocenters. The summed E-state index contributed by atoms with van der Waals surface area (Å²) in [6.45, 7) is 0.954. The van der Waals surface area contributed by atoms with Gasteiger partial charge in [-0.15, -0.1) is 0 Å². The molecule has 5 nitrogen and oxygen atoms in total.